The molecule has 0 radical (unpaired) electrons. The number of hydrogen-bond acceptors (Lipinski definition) is 5. The fourth-order valence-electron chi connectivity index (χ4n) is 2.93. The van der Waals surface area contributed by atoms with Gasteiger partial charge in [-0.25, -0.2) is 0 Å². The highest BCUT2D eigenvalue weighted by atomic mass is 35.5. The lowest BCUT2D eigenvalue weighted by Gasteiger charge is -2.03. The third-order valence-corrected chi connectivity index (χ3v) is 6.55. The summed E-state index contributed by atoms with van der Waals surface area (Å²) in [5.41, 5.74) is 1.03. The van der Waals surface area contributed by atoms with Gasteiger partial charge in [-0.3, -0.25) is 4.79 Å². The number of carbonyl (C=O) groups excluding carboxylic acids is 1. The van der Waals surface area contributed by atoms with E-state index in [-0.39, 0.29) is 12.7 Å². The minimum atomic E-state index is -0.113. The van der Waals surface area contributed by atoms with Crippen molar-refractivity contribution >= 4 is 50.8 Å². The predicted octanol–water partition coefficient (Wildman–Crippen LogP) is 5.10. The van der Waals surface area contributed by atoms with E-state index in [1.54, 1.807) is 11.8 Å². The standard InChI is InChI=1S/C20H19ClN2O3S2/c1-2-8-23-15-10-16-17(26-12-25-16)11-18(15)28-20(23)22-19(24)7-9-27-14-5-3-13(21)4-6-14/h3-6,10-11H,2,7-9,12H2,1H3. The second-order valence-electron chi connectivity index (χ2n) is 6.27. The van der Waals surface area contributed by atoms with Gasteiger partial charge in [-0.2, -0.15) is 4.99 Å². The Morgan fingerprint density at radius 2 is 2.00 bits per heavy atom. The summed E-state index contributed by atoms with van der Waals surface area (Å²) in [7, 11) is 0. The summed E-state index contributed by atoms with van der Waals surface area (Å²) < 4.78 is 14.1. The van der Waals surface area contributed by atoms with Crippen molar-refractivity contribution in [3.8, 4) is 11.5 Å². The molecular formula is C20H19ClN2O3S2. The minimum absolute atomic E-state index is 0.113. The lowest BCUT2D eigenvalue weighted by atomic mass is 10.3. The van der Waals surface area contributed by atoms with E-state index in [0.717, 1.165) is 44.4 Å². The van der Waals surface area contributed by atoms with Gasteiger partial charge in [0.1, 0.15) is 0 Å². The molecule has 4 rings (SSSR count). The van der Waals surface area contributed by atoms with Crippen molar-refractivity contribution in [2.75, 3.05) is 12.5 Å². The third kappa shape index (κ3) is 4.21. The van der Waals surface area contributed by atoms with E-state index in [1.807, 2.05) is 36.4 Å². The Balaban J connectivity index is 1.53. The molecule has 0 fully saturated rings. The van der Waals surface area contributed by atoms with Gasteiger partial charge in [0.05, 0.1) is 10.2 Å². The molecule has 1 aliphatic rings. The Morgan fingerprint density at radius 1 is 1.25 bits per heavy atom. The highest BCUT2D eigenvalue weighted by molar-refractivity contribution is 7.99. The van der Waals surface area contributed by atoms with E-state index >= 15 is 0 Å². The molecule has 0 N–H and O–H groups in total. The summed E-state index contributed by atoms with van der Waals surface area (Å²) in [6.07, 6.45) is 1.34. The molecule has 0 unspecified atom stereocenters. The van der Waals surface area contributed by atoms with Crippen LogP contribution in [0.2, 0.25) is 5.02 Å². The summed E-state index contributed by atoms with van der Waals surface area (Å²) in [4.78, 5) is 18.6. The maximum atomic E-state index is 12.4. The van der Waals surface area contributed by atoms with Crippen molar-refractivity contribution in [3.05, 3.63) is 46.2 Å². The Hall–Kier alpha value is -1.96. The number of nitrogens with zero attached hydrogens (tertiary/aromatic N) is 2. The molecule has 1 aromatic heterocycles. The Kier molecular flexibility index (Phi) is 5.94. The molecule has 28 heavy (non-hydrogen) atoms. The summed E-state index contributed by atoms with van der Waals surface area (Å²) >= 11 is 9.03. The van der Waals surface area contributed by atoms with Crippen LogP contribution in [-0.4, -0.2) is 23.0 Å². The van der Waals surface area contributed by atoms with Gasteiger partial charge in [0.15, 0.2) is 16.3 Å². The van der Waals surface area contributed by atoms with Crippen LogP contribution in [0.25, 0.3) is 10.2 Å². The van der Waals surface area contributed by atoms with Crippen molar-refractivity contribution in [2.45, 2.75) is 31.2 Å². The van der Waals surface area contributed by atoms with Crippen LogP contribution in [0.1, 0.15) is 19.8 Å². The van der Waals surface area contributed by atoms with E-state index in [0.29, 0.717) is 17.2 Å². The van der Waals surface area contributed by atoms with Crippen LogP contribution >= 0.6 is 34.7 Å². The van der Waals surface area contributed by atoms with Gasteiger partial charge in [-0.05, 0) is 30.7 Å². The molecule has 2 heterocycles. The fraction of sp³-hybridized carbons (Fsp3) is 0.300. The molecule has 0 atom stereocenters. The maximum absolute atomic E-state index is 12.4. The van der Waals surface area contributed by atoms with Crippen molar-refractivity contribution in [3.63, 3.8) is 0 Å². The second-order valence-corrected chi connectivity index (χ2v) is 8.88. The molecule has 0 saturated heterocycles. The normalized spacial score (nSPS) is 13.4. The number of aromatic nitrogens is 1. The smallest absolute Gasteiger partial charge is 0.249 e. The van der Waals surface area contributed by atoms with Crippen LogP contribution in [0.4, 0.5) is 0 Å². The monoisotopic (exact) mass is 434 g/mol. The van der Waals surface area contributed by atoms with Gasteiger partial charge in [-0.15, -0.1) is 11.8 Å². The average molecular weight is 435 g/mol. The molecule has 1 amide bonds. The van der Waals surface area contributed by atoms with Gasteiger partial charge in [0, 0.05) is 40.8 Å². The van der Waals surface area contributed by atoms with Crippen molar-refractivity contribution in [2.24, 2.45) is 4.99 Å². The molecule has 0 bridgehead atoms. The van der Waals surface area contributed by atoms with Crippen LogP contribution in [-0.2, 0) is 11.3 Å². The number of thiazole rings is 1. The zero-order valence-corrected chi connectivity index (χ0v) is 17.7. The van der Waals surface area contributed by atoms with E-state index in [1.165, 1.54) is 11.3 Å². The van der Waals surface area contributed by atoms with Gasteiger partial charge in [0.2, 0.25) is 12.7 Å². The van der Waals surface area contributed by atoms with Crippen LogP contribution < -0.4 is 14.3 Å². The Morgan fingerprint density at radius 3 is 2.75 bits per heavy atom. The summed E-state index contributed by atoms with van der Waals surface area (Å²) in [6, 6.07) is 11.6. The number of fused-ring (bicyclic) bond motifs is 2. The quantitative estimate of drug-likeness (QED) is 0.506. The van der Waals surface area contributed by atoms with Crippen LogP contribution in [0.3, 0.4) is 0 Å². The number of halogens is 1. The number of ether oxygens (including phenoxy) is 2. The van der Waals surface area contributed by atoms with E-state index in [2.05, 4.69) is 16.5 Å². The van der Waals surface area contributed by atoms with Crippen LogP contribution in [0.5, 0.6) is 11.5 Å². The van der Waals surface area contributed by atoms with Crippen LogP contribution in [0, 0.1) is 0 Å². The minimum Gasteiger partial charge on any atom is -0.454 e. The largest absolute Gasteiger partial charge is 0.454 e. The molecule has 1 aliphatic heterocycles. The molecule has 0 saturated carbocycles. The van der Waals surface area contributed by atoms with E-state index in [4.69, 9.17) is 21.1 Å². The van der Waals surface area contributed by atoms with Gasteiger partial charge < -0.3 is 14.0 Å². The molecule has 2 aromatic carbocycles. The van der Waals surface area contributed by atoms with Crippen molar-refractivity contribution in [1.82, 2.24) is 4.57 Å². The molecule has 0 spiro atoms. The molecule has 3 aromatic rings. The molecule has 5 nitrogen and oxygen atoms in total. The Bertz CT molecular complexity index is 1070. The topological polar surface area (TPSA) is 52.8 Å². The lowest BCUT2D eigenvalue weighted by Crippen LogP contribution is -2.17. The Labute approximate surface area is 175 Å². The first-order valence-electron chi connectivity index (χ1n) is 9.03. The fourth-order valence-corrected chi connectivity index (χ4v) is 4.98. The summed E-state index contributed by atoms with van der Waals surface area (Å²) in [5.74, 6) is 2.05. The maximum Gasteiger partial charge on any atom is 0.249 e. The van der Waals surface area contributed by atoms with E-state index < -0.39 is 0 Å². The third-order valence-electron chi connectivity index (χ3n) is 4.24. The number of hydrogen-bond donors (Lipinski definition) is 0. The van der Waals surface area contributed by atoms with Crippen molar-refractivity contribution < 1.29 is 14.3 Å². The average Bonchev–Trinajstić information content (AvgIpc) is 3.26. The predicted molar refractivity (Wildman–Crippen MR) is 114 cm³/mol. The highest BCUT2D eigenvalue weighted by Crippen LogP contribution is 2.37. The number of aryl methyl sites for hydroxylation is 1. The SMILES string of the molecule is CCCn1c(=NC(=O)CCSc2ccc(Cl)cc2)sc2cc3c(cc21)OCO3. The zero-order valence-electron chi connectivity index (χ0n) is 15.3. The highest BCUT2D eigenvalue weighted by Gasteiger charge is 2.17. The summed E-state index contributed by atoms with van der Waals surface area (Å²) in [6.45, 7) is 3.16. The zero-order chi connectivity index (χ0) is 19.5. The van der Waals surface area contributed by atoms with Crippen molar-refractivity contribution in [1.29, 1.82) is 0 Å². The number of thioether (sulfide) groups is 1. The van der Waals surface area contributed by atoms with Gasteiger partial charge >= 0.3 is 0 Å². The van der Waals surface area contributed by atoms with Gasteiger partial charge in [-0.1, -0.05) is 29.9 Å². The number of carbonyl (C=O) groups is 1. The molecule has 0 aliphatic carbocycles. The van der Waals surface area contributed by atoms with E-state index in [9.17, 15) is 4.79 Å². The first kappa shape index (κ1) is 19.4. The molecule has 8 heteroatoms. The first-order chi connectivity index (χ1) is 13.6. The number of benzene rings is 2. The molecule has 146 valence electrons. The van der Waals surface area contributed by atoms with Crippen LogP contribution in [0.15, 0.2) is 46.3 Å². The molecular weight excluding hydrogens is 416 g/mol. The number of amides is 1. The van der Waals surface area contributed by atoms with Gasteiger partial charge in [0.25, 0.3) is 0 Å². The second kappa shape index (κ2) is 8.59. The number of rotatable bonds is 6. The first-order valence-corrected chi connectivity index (χ1v) is 11.2. The lowest BCUT2D eigenvalue weighted by molar-refractivity contribution is -0.117. The summed E-state index contributed by atoms with van der Waals surface area (Å²) in [5, 5.41) is 0.711.